The molecule has 0 spiro atoms. The monoisotopic (exact) mass is 699 g/mol. The fourth-order valence-electron chi connectivity index (χ4n) is 5.89. The van der Waals surface area contributed by atoms with Gasteiger partial charge in [0.25, 0.3) is 0 Å². The number of unbranched alkanes of at least 4 members (excludes halogenated alkanes) is 15. The number of aliphatic hydroxyl groups is 7. The van der Waals surface area contributed by atoms with Crippen LogP contribution in [0.5, 0.6) is 0 Å². The molecule has 0 bridgehead atoms. The van der Waals surface area contributed by atoms with Crippen molar-refractivity contribution in [1.82, 2.24) is 5.32 Å². The third-order valence-corrected chi connectivity index (χ3v) is 9.96. The van der Waals surface area contributed by atoms with Gasteiger partial charge in [-0.2, -0.15) is 0 Å². The number of hydrogen-bond donors (Lipinski definition) is 9. The smallest absolute Gasteiger partial charge is 0.393 e. The second-order valence-corrected chi connectivity index (χ2v) is 14.7. The third-order valence-electron chi connectivity index (χ3n) is 8.97. The number of aliphatic hydroxyl groups excluding tert-OH is 7. The fourth-order valence-corrected chi connectivity index (χ4v) is 6.86. The van der Waals surface area contributed by atoms with Gasteiger partial charge in [0.15, 0.2) is 0 Å². The summed E-state index contributed by atoms with van der Waals surface area (Å²) in [5.74, 6) is -0.571. The van der Waals surface area contributed by atoms with E-state index in [0.29, 0.717) is 12.8 Å². The summed E-state index contributed by atoms with van der Waals surface area (Å²) in [7, 11) is -5.08. The van der Waals surface area contributed by atoms with Crippen LogP contribution in [0.2, 0.25) is 0 Å². The van der Waals surface area contributed by atoms with Gasteiger partial charge in [-0.3, -0.25) is 13.8 Å². The maximum atomic E-state index is 12.7. The molecule has 1 saturated carbocycles. The summed E-state index contributed by atoms with van der Waals surface area (Å²) >= 11 is 0. The first-order chi connectivity index (χ1) is 22.3. The van der Waals surface area contributed by atoms with Crippen LogP contribution in [0.4, 0.5) is 0 Å². The van der Waals surface area contributed by atoms with Gasteiger partial charge in [-0.1, -0.05) is 123 Å². The van der Waals surface area contributed by atoms with Gasteiger partial charge in [0, 0.05) is 0 Å². The zero-order chi connectivity index (χ0) is 35.2. The second kappa shape index (κ2) is 25.3. The molecule has 0 aliphatic heterocycles. The molecular formula is C33H66NO12P. The Labute approximate surface area is 281 Å². The lowest BCUT2D eigenvalue weighted by atomic mass is 9.85. The van der Waals surface area contributed by atoms with Crippen LogP contribution in [-0.4, -0.2) is 108 Å². The standard InChI is InChI=1S/C33H66NO12P/c1-3-5-7-8-9-10-11-12-13-14-15-16-17-19-20-24(35)22-27(37)34-25(26(36)21-18-6-4-2)23-45-47(43,44)46-33-31(41)29(39)28(38)30(40)32(33)42/h24-26,28-33,35-36,38-42H,3-23H2,1-2H3,(H,34,37)(H,43,44). The molecule has 13 nitrogen and oxygen atoms in total. The predicted molar refractivity (Wildman–Crippen MR) is 178 cm³/mol. The van der Waals surface area contributed by atoms with E-state index in [0.717, 1.165) is 38.5 Å². The van der Waals surface area contributed by atoms with E-state index in [9.17, 15) is 50.0 Å². The number of amides is 1. The number of nitrogens with one attached hydrogen (secondary N) is 1. The van der Waals surface area contributed by atoms with Gasteiger partial charge >= 0.3 is 7.82 Å². The molecule has 1 aliphatic carbocycles. The summed E-state index contributed by atoms with van der Waals surface area (Å²) in [5.41, 5.74) is 0. The quantitative estimate of drug-likeness (QED) is 0.0423. The topological polar surface area (TPSA) is 226 Å². The first-order valence-corrected chi connectivity index (χ1v) is 19.6. The molecule has 1 aliphatic rings. The first-order valence-electron chi connectivity index (χ1n) is 18.1. The Bertz CT molecular complexity index is 838. The lowest BCUT2D eigenvalue weighted by molar-refractivity contribution is -0.220. The van der Waals surface area contributed by atoms with Crippen LogP contribution in [0.15, 0.2) is 0 Å². The summed E-state index contributed by atoms with van der Waals surface area (Å²) in [6.45, 7) is 3.53. The van der Waals surface area contributed by atoms with E-state index in [4.69, 9.17) is 9.05 Å². The molecule has 1 fully saturated rings. The lowest BCUT2D eigenvalue weighted by Crippen LogP contribution is -2.64. The first kappa shape index (κ1) is 44.3. The fraction of sp³-hybridized carbons (Fsp3) is 0.970. The molecule has 1 amide bonds. The molecule has 1 rings (SSSR count). The lowest BCUT2D eigenvalue weighted by Gasteiger charge is -2.41. The van der Waals surface area contributed by atoms with Crippen molar-refractivity contribution < 1.29 is 59.0 Å². The molecule has 8 unspecified atom stereocenters. The van der Waals surface area contributed by atoms with Crippen LogP contribution < -0.4 is 5.32 Å². The molecule has 14 heteroatoms. The maximum Gasteiger partial charge on any atom is 0.472 e. The molecule has 0 aromatic heterocycles. The van der Waals surface area contributed by atoms with Crippen LogP contribution in [0.25, 0.3) is 0 Å². The van der Waals surface area contributed by atoms with Crippen LogP contribution in [0.3, 0.4) is 0 Å². The van der Waals surface area contributed by atoms with Crippen molar-refractivity contribution in [2.45, 2.75) is 197 Å². The van der Waals surface area contributed by atoms with E-state index in [1.807, 2.05) is 6.92 Å². The van der Waals surface area contributed by atoms with Crippen LogP contribution in [-0.2, 0) is 18.4 Å². The highest BCUT2D eigenvalue weighted by Crippen LogP contribution is 2.47. The average molecular weight is 700 g/mol. The molecule has 0 heterocycles. The Morgan fingerprint density at radius 2 is 1.06 bits per heavy atom. The van der Waals surface area contributed by atoms with Gasteiger partial charge < -0.3 is 46.0 Å². The molecule has 0 radical (unpaired) electrons. The second-order valence-electron chi connectivity index (χ2n) is 13.3. The van der Waals surface area contributed by atoms with Crippen molar-refractivity contribution in [1.29, 1.82) is 0 Å². The Hall–Kier alpha value is -0.700. The predicted octanol–water partition coefficient (Wildman–Crippen LogP) is 3.36. The van der Waals surface area contributed by atoms with Gasteiger partial charge in [-0.15, -0.1) is 0 Å². The Morgan fingerprint density at radius 1 is 0.660 bits per heavy atom. The van der Waals surface area contributed by atoms with E-state index in [1.54, 1.807) is 0 Å². The molecule has 9 N–H and O–H groups in total. The minimum Gasteiger partial charge on any atom is -0.393 e. The van der Waals surface area contributed by atoms with Crippen molar-refractivity contribution in [3.8, 4) is 0 Å². The molecular weight excluding hydrogens is 633 g/mol. The number of rotatable bonds is 28. The van der Waals surface area contributed by atoms with E-state index in [1.165, 1.54) is 64.2 Å². The third kappa shape index (κ3) is 18.8. The van der Waals surface area contributed by atoms with Crippen LogP contribution >= 0.6 is 7.82 Å². The highest BCUT2D eigenvalue weighted by atomic mass is 31.2. The van der Waals surface area contributed by atoms with Gasteiger partial charge in [-0.25, -0.2) is 4.57 Å². The summed E-state index contributed by atoms with van der Waals surface area (Å²) in [6, 6.07) is -1.14. The van der Waals surface area contributed by atoms with Crippen molar-refractivity contribution in [2.24, 2.45) is 0 Å². The SMILES string of the molecule is CCCCCCCCCCCCCCCCC(O)CC(=O)NC(COP(=O)(O)OC1C(O)C(O)C(O)C(O)C1O)C(O)CCCCC. The number of hydrogen-bond acceptors (Lipinski definition) is 11. The van der Waals surface area contributed by atoms with Gasteiger partial charge in [0.2, 0.25) is 5.91 Å². The van der Waals surface area contributed by atoms with Gasteiger partial charge in [0.1, 0.15) is 36.6 Å². The minimum absolute atomic E-state index is 0.220. The van der Waals surface area contributed by atoms with Crippen LogP contribution in [0, 0.1) is 0 Å². The molecule has 280 valence electrons. The Kier molecular flexibility index (Phi) is 23.8. The summed E-state index contributed by atoms with van der Waals surface area (Å²) in [4.78, 5) is 23.0. The van der Waals surface area contributed by atoms with Crippen molar-refractivity contribution in [3.05, 3.63) is 0 Å². The largest absolute Gasteiger partial charge is 0.472 e. The zero-order valence-electron chi connectivity index (χ0n) is 28.7. The molecule has 0 aromatic carbocycles. The highest BCUT2D eigenvalue weighted by Gasteiger charge is 2.51. The highest BCUT2D eigenvalue weighted by molar-refractivity contribution is 7.47. The number of phosphoric acid groups is 1. The Morgan fingerprint density at radius 3 is 1.55 bits per heavy atom. The van der Waals surface area contributed by atoms with Crippen molar-refractivity contribution in [3.63, 3.8) is 0 Å². The number of phosphoric ester groups is 1. The Balaban J connectivity index is 2.45. The molecule has 8 atom stereocenters. The maximum absolute atomic E-state index is 12.7. The molecule has 0 aromatic rings. The molecule has 0 saturated heterocycles. The van der Waals surface area contributed by atoms with E-state index in [-0.39, 0.29) is 12.8 Å². The summed E-state index contributed by atoms with van der Waals surface area (Å²) in [6.07, 6.45) is 5.93. The number of carbonyl (C=O) groups is 1. The average Bonchev–Trinajstić information content (AvgIpc) is 3.03. The molecule has 47 heavy (non-hydrogen) atoms. The van der Waals surface area contributed by atoms with E-state index >= 15 is 0 Å². The minimum atomic E-state index is -5.08. The summed E-state index contributed by atoms with van der Waals surface area (Å²) < 4.78 is 22.5. The van der Waals surface area contributed by atoms with Gasteiger partial charge in [0.05, 0.1) is 31.3 Å². The number of carbonyl (C=O) groups excluding carboxylic acids is 1. The van der Waals surface area contributed by atoms with Crippen LogP contribution in [0.1, 0.15) is 142 Å². The normalized spacial score (nSPS) is 26.4. The van der Waals surface area contributed by atoms with Crippen molar-refractivity contribution in [2.75, 3.05) is 6.61 Å². The van der Waals surface area contributed by atoms with E-state index < -0.39 is 75.2 Å². The summed E-state index contributed by atoms with van der Waals surface area (Å²) in [5, 5.41) is 73.4. The van der Waals surface area contributed by atoms with E-state index in [2.05, 4.69) is 12.2 Å². The van der Waals surface area contributed by atoms with Gasteiger partial charge in [-0.05, 0) is 12.8 Å². The zero-order valence-corrected chi connectivity index (χ0v) is 29.6. The van der Waals surface area contributed by atoms with Crippen molar-refractivity contribution >= 4 is 13.7 Å².